The van der Waals surface area contributed by atoms with Crippen molar-refractivity contribution in [1.29, 1.82) is 0 Å². The molecular formula is C11H19N3O2. The van der Waals surface area contributed by atoms with Gasteiger partial charge in [-0.3, -0.25) is 4.90 Å². The Bertz CT molecular complexity index is 323. The summed E-state index contributed by atoms with van der Waals surface area (Å²) in [4.78, 5) is 6.57. The molecule has 1 fully saturated rings. The van der Waals surface area contributed by atoms with Gasteiger partial charge in [0.15, 0.2) is 5.82 Å². The van der Waals surface area contributed by atoms with E-state index >= 15 is 0 Å². The number of aliphatic hydroxyl groups is 1. The van der Waals surface area contributed by atoms with Gasteiger partial charge in [0.1, 0.15) is 0 Å². The lowest BCUT2D eigenvalue weighted by atomic mass is 9.91. The third-order valence-electron chi connectivity index (χ3n) is 3.11. The van der Waals surface area contributed by atoms with Crippen molar-refractivity contribution in [3.05, 3.63) is 11.7 Å². The Hall–Kier alpha value is -0.940. The molecule has 2 rings (SSSR count). The average molecular weight is 225 g/mol. The summed E-state index contributed by atoms with van der Waals surface area (Å²) in [5.74, 6) is 1.37. The molecule has 1 heterocycles. The zero-order valence-corrected chi connectivity index (χ0v) is 9.72. The zero-order valence-electron chi connectivity index (χ0n) is 9.72. The maximum atomic E-state index is 8.88. The van der Waals surface area contributed by atoms with Crippen molar-refractivity contribution in [2.45, 2.75) is 45.2 Å². The molecule has 0 amide bonds. The number of aryl methyl sites for hydroxylation is 1. The van der Waals surface area contributed by atoms with Gasteiger partial charge >= 0.3 is 0 Å². The average Bonchev–Trinajstić information content (AvgIpc) is 2.58. The van der Waals surface area contributed by atoms with Gasteiger partial charge in [-0.25, -0.2) is 0 Å². The van der Waals surface area contributed by atoms with Crippen LogP contribution < -0.4 is 0 Å². The van der Waals surface area contributed by atoms with Gasteiger partial charge in [-0.05, 0) is 19.3 Å². The molecule has 0 aliphatic heterocycles. The van der Waals surface area contributed by atoms with E-state index in [-0.39, 0.29) is 6.61 Å². The second-order valence-electron chi connectivity index (χ2n) is 4.36. The van der Waals surface area contributed by atoms with Crippen LogP contribution in [-0.2, 0) is 6.54 Å². The molecule has 1 N–H and O–H groups in total. The standard InChI is InChI=1S/C11H19N3O2/c1-9-12-11(13-16-9)8-14(6-3-7-15)10-4-2-5-10/h10,15H,2-8H2,1H3. The quantitative estimate of drug-likeness (QED) is 0.786. The van der Waals surface area contributed by atoms with Gasteiger partial charge in [0.2, 0.25) is 5.89 Å². The summed E-state index contributed by atoms with van der Waals surface area (Å²) in [5, 5.41) is 12.8. The number of nitrogens with zero attached hydrogens (tertiary/aromatic N) is 3. The minimum Gasteiger partial charge on any atom is -0.396 e. The van der Waals surface area contributed by atoms with Crippen LogP contribution in [0.15, 0.2) is 4.52 Å². The first-order valence-corrected chi connectivity index (χ1v) is 5.93. The molecule has 16 heavy (non-hydrogen) atoms. The van der Waals surface area contributed by atoms with E-state index in [2.05, 4.69) is 15.0 Å². The van der Waals surface area contributed by atoms with Crippen molar-refractivity contribution in [3.8, 4) is 0 Å². The number of aliphatic hydroxyl groups excluding tert-OH is 1. The minimum absolute atomic E-state index is 0.245. The van der Waals surface area contributed by atoms with Crippen LogP contribution in [0.2, 0.25) is 0 Å². The Balaban J connectivity index is 1.90. The normalized spacial score (nSPS) is 16.7. The molecule has 0 unspecified atom stereocenters. The van der Waals surface area contributed by atoms with Crippen LogP contribution in [0.1, 0.15) is 37.4 Å². The van der Waals surface area contributed by atoms with Crippen LogP contribution in [0.25, 0.3) is 0 Å². The van der Waals surface area contributed by atoms with E-state index in [1.807, 2.05) is 0 Å². The predicted molar refractivity (Wildman–Crippen MR) is 58.8 cm³/mol. The monoisotopic (exact) mass is 225 g/mol. The first kappa shape index (κ1) is 11.5. The van der Waals surface area contributed by atoms with Crippen molar-refractivity contribution in [2.24, 2.45) is 0 Å². The van der Waals surface area contributed by atoms with E-state index in [9.17, 15) is 0 Å². The van der Waals surface area contributed by atoms with Gasteiger partial charge in [0.25, 0.3) is 0 Å². The molecule has 1 saturated carbocycles. The highest BCUT2D eigenvalue weighted by molar-refractivity contribution is 4.88. The third-order valence-corrected chi connectivity index (χ3v) is 3.11. The fraction of sp³-hybridized carbons (Fsp3) is 0.818. The number of aromatic nitrogens is 2. The Morgan fingerprint density at radius 1 is 1.50 bits per heavy atom. The van der Waals surface area contributed by atoms with Crippen LogP contribution in [0.4, 0.5) is 0 Å². The summed E-state index contributed by atoms with van der Waals surface area (Å²) < 4.78 is 4.96. The minimum atomic E-state index is 0.245. The smallest absolute Gasteiger partial charge is 0.223 e. The molecule has 0 bridgehead atoms. The van der Waals surface area contributed by atoms with Gasteiger partial charge in [0.05, 0.1) is 6.54 Å². The van der Waals surface area contributed by atoms with Crippen LogP contribution in [0.3, 0.4) is 0 Å². The van der Waals surface area contributed by atoms with Crippen LogP contribution in [0.5, 0.6) is 0 Å². The zero-order chi connectivity index (χ0) is 11.4. The Kier molecular flexibility index (Phi) is 3.90. The molecule has 90 valence electrons. The molecule has 1 aromatic rings. The molecule has 5 nitrogen and oxygen atoms in total. The van der Waals surface area contributed by atoms with E-state index < -0.39 is 0 Å². The van der Waals surface area contributed by atoms with Crippen molar-refractivity contribution in [1.82, 2.24) is 15.0 Å². The summed E-state index contributed by atoms with van der Waals surface area (Å²) in [5.41, 5.74) is 0. The molecule has 0 radical (unpaired) electrons. The van der Waals surface area contributed by atoms with Crippen LogP contribution in [-0.4, -0.2) is 39.3 Å². The fourth-order valence-electron chi connectivity index (χ4n) is 2.00. The summed E-state index contributed by atoms with van der Waals surface area (Å²) in [6, 6.07) is 0.644. The highest BCUT2D eigenvalue weighted by atomic mass is 16.5. The van der Waals surface area contributed by atoms with E-state index in [0.29, 0.717) is 11.9 Å². The first-order chi connectivity index (χ1) is 7.79. The topological polar surface area (TPSA) is 62.4 Å². The molecule has 0 saturated heterocycles. The highest BCUT2D eigenvalue weighted by Gasteiger charge is 2.25. The Morgan fingerprint density at radius 3 is 2.81 bits per heavy atom. The summed E-state index contributed by atoms with van der Waals surface area (Å²) >= 11 is 0. The van der Waals surface area contributed by atoms with E-state index in [0.717, 1.165) is 25.3 Å². The molecule has 0 atom stereocenters. The van der Waals surface area contributed by atoms with Gasteiger partial charge in [-0.15, -0.1) is 0 Å². The molecule has 1 aromatic heterocycles. The SMILES string of the molecule is Cc1nc(CN(CCCO)C2CCC2)no1. The van der Waals surface area contributed by atoms with Gasteiger partial charge in [0, 0.05) is 26.1 Å². The van der Waals surface area contributed by atoms with Gasteiger partial charge < -0.3 is 9.63 Å². The lowest BCUT2D eigenvalue weighted by Crippen LogP contribution is -2.40. The fourth-order valence-corrected chi connectivity index (χ4v) is 2.00. The largest absolute Gasteiger partial charge is 0.396 e. The molecule has 1 aliphatic rings. The second kappa shape index (κ2) is 5.41. The molecule has 5 heteroatoms. The van der Waals surface area contributed by atoms with Crippen LogP contribution >= 0.6 is 0 Å². The lowest BCUT2D eigenvalue weighted by molar-refractivity contribution is 0.105. The van der Waals surface area contributed by atoms with Gasteiger partial charge in [-0.2, -0.15) is 4.98 Å². The predicted octanol–water partition coefficient (Wildman–Crippen LogP) is 1.11. The van der Waals surface area contributed by atoms with Crippen molar-refractivity contribution in [2.75, 3.05) is 13.2 Å². The van der Waals surface area contributed by atoms with E-state index in [4.69, 9.17) is 9.63 Å². The lowest BCUT2D eigenvalue weighted by Gasteiger charge is -2.36. The van der Waals surface area contributed by atoms with Crippen molar-refractivity contribution in [3.63, 3.8) is 0 Å². The second-order valence-corrected chi connectivity index (χ2v) is 4.36. The van der Waals surface area contributed by atoms with Crippen LogP contribution in [0, 0.1) is 6.92 Å². The first-order valence-electron chi connectivity index (χ1n) is 5.93. The number of hydrogen-bond acceptors (Lipinski definition) is 5. The van der Waals surface area contributed by atoms with Gasteiger partial charge in [-0.1, -0.05) is 11.6 Å². The Labute approximate surface area is 95.4 Å². The van der Waals surface area contributed by atoms with Crippen molar-refractivity contribution < 1.29 is 9.63 Å². The summed E-state index contributed by atoms with van der Waals surface area (Å²) in [7, 11) is 0. The molecule has 0 spiro atoms. The maximum Gasteiger partial charge on any atom is 0.223 e. The number of hydrogen-bond donors (Lipinski definition) is 1. The third kappa shape index (κ3) is 2.80. The Morgan fingerprint density at radius 2 is 2.31 bits per heavy atom. The van der Waals surface area contributed by atoms with Crippen molar-refractivity contribution >= 4 is 0 Å². The van der Waals surface area contributed by atoms with E-state index in [1.165, 1.54) is 19.3 Å². The number of rotatable bonds is 6. The summed E-state index contributed by atoms with van der Waals surface area (Å²) in [6.45, 7) is 3.70. The maximum absolute atomic E-state index is 8.88. The molecule has 1 aliphatic carbocycles. The van der Waals surface area contributed by atoms with E-state index in [1.54, 1.807) is 6.92 Å². The molecule has 0 aromatic carbocycles. The highest BCUT2D eigenvalue weighted by Crippen LogP contribution is 2.25. The summed E-state index contributed by atoms with van der Waals surface area (Å²) in [6.07, 6.45) is 4.63. The molecular weight excluding hydrogens is 206 g/mol.